The molecule has 0 heterocycles. The van der Waals surface area contributed by atoms with Crippen molar-refractivity contribution in [2.75, 3.05) is 32.5 Å². The van der Waals surface area contributed by atoms with Gasteiger partial charge in [-0.2, -0.15) is 0 Å². The molecule has 0 unspecified atom stereocenters. The molecule has 0 bridgehead atoms. The number of anilines is 1. The van der Waals surface area contributed by atoms with Crippen LogP contribution >= 0.6 is 0 Å². The number of nitrogens with one attached hydrogen (secondary N) is 1. The van der Waals surface area contributed by atoms with Crippen LogP contribution in [0.25, 0.3) is 0 Å². The van der Waals surface area contributed by atoms with Crippen molar-refractivity contribution in [2.24, 2.45) is 0 Å². The summed E-state index contributed by atoms with van der Waals surface area (Å²) >= 11 is 0. The van der Waals surface area contributed by atoms with Gasteiger partial charge in [0.1, 0.15) is 5.69 Å². The van der Waals surface area contributed by atoms with Gasteiger partial charge in [0, 0.05) is 18.7 Å². The third-order valence-corrected chi connectivity index (χ3v) is 2.34. The predicted molar refractivity (Wildman–Crippen MR) is 69.4 cm³/mol. The first kappa shape index (κ1) is 17.7. The molecule has 0 amide bonds. The van der Waals surface area contributed by atoms with Crippen molar-refractivity contribution < 1.29 is 17.6 Å². The van der Waals surface area contributed by atoms with Crippen LogP contribution in [0.3, 0.4) is 0 Å². The maximum absolute atomic E-state index is 13.4. The molecule has 6 heteroatoms. The molecule has 0 saturated heterocycles. The molecule has 0 radical (unpaired) electrons. The summed E-state index contributed by atoms with van der Waals surface area (Å²) in [7, 11) is 3.54. The monoisotopic (exact) mass is 280 g/mol. The lowest BCUT2D eigenvalue weighted by Crippen LogP contribution is -2.22. The smallest absolute Gasteiger partial charge is 0.185 e. The van der Waals surface area contributed by atoms with E-state index in [1.54, 1.807) is 19.0 Å². The number of likely N-dealkylation sites (N-methyl/N-ethyl adjacent to an activating group) is 1. The van der Waals surface area contributed by atoms with E-state index in [9.17, 15) is 17.6 Å². The van der Waals surface area contributed by atoms with Crippen molar-refractivity contribution >= 4 is 5.69 Å². The summed E-state index contributed by atoms with van der Waals surface area (Å²) in [6.07, 6.45) is 0. The van der Waals surface area contributed by atoms with Gasteiger partial charge in [0.15, 0.2) is 23.3 Å². The molecule has 0 aromatic heterocycles. The lowest BCUT2D eigenvalue weighted by atomic mass is 10.1. The normalized spacial score (nSPS) is 10.2. The number of halogens is 4. The molecular weight excluding hydrogens is 260 g/mol. The van der Waals surface area contributed by atoms with Crippen LogP contribution in [0, 0.1) is 30.2 Å². The molecule has 2 nitrogen and oxygen atoms in total. The molecule has 1 rings (SSSR count). The summed E-state index contributed by atoms with van der Waals surface area (Å²) in [4.78, 5) is 1.77. The molecule has 1 N–H and O–H groups in total. The highest BCUT2D eigenvalue weighted by Crippen LogP contribution is 2.27. The summed E-state index contributed by atoms with van der Waals surface area (Å²) in [5.41, 5.74) is -1.41. The first-order valence-corrected chi connectivity index (χ1v) is 6.07. The molecule has 1 aromatic carbocycles. The number of hydrogen-bond donors (Lipinski definition) is 1. The van der Waals surface area contributed by atoms with Gasteiger partial charge in [0.2, 0.25) is 0 Å². The van der Waals surface area contributed by atoms with Gasteiger partial charge in [-0.3, -0.25) is 0 Å². The maximum Gasteiger partial charge on any atom is 0.185 e. The van der Waals surface area contributed by atoms with E-state index in [-0.39, 0.29) is 6.54 Å². The Morgan fingerprint density at radius 2 is 1.32 bits per heavy atom. The molecule has 0 aliphatic rings. The fraction of sp³-hybridized carbons (Fsp3) is 0.538. The van der Waals surface area contributed by atoms with Gasteiger partial charge in [-0.05, 0) is 21.0 Å². The second-order valence-corrected chi connectivity index (χ2v) is 3.99. The first-order chi connectivity index (χ1) is 8.86. The zero-order chi connectivity index (χ0) is 15.2. The van der Waals surface area contributed by atoms with E-state index < -0.39 is 34.5 Å². The molecule has 0 fully saturated rings. The highest BCUT2D eigenvalue weighted by Gasteiger charge is 2.22. The third kappa shape index (κ3) is 4.38. The number of benzene rings is 1. The molecule has 19 heavy (non-hydrogen) atoms. The van der Waals surface area contributed by atoms with Gasteiger partial charge in [-0.25, -0.2) is 17.6 Å². The zero-order valence-electron chi connectivity index (χ0n) is 11.9. The second kappa shape index (κ2) is 7.99. The van der Waals surface area contributed by atoms with Crippen LogP contribution in [-0.2, 0) is 0 Å². The van der Waals surface area contributed by atoms with Crippen molar-refractivity contribution in [3.8, 4) is 0 Å². The Kier molecular flexibility index (Phi) is 7.44. The van der Waals surface area contributed by atoms with Gasteiger partial charge < -0.3 is 10.2 Å². The van der Waals surface area contributed by atoms with Crippen LogP contribution in [0.4, 0.5) is 23.2 Å². The Morgan fingerprint density at radius 3 is 1.68 bits per heavy atom. The van der Waals surface area contributed by atoms with Crippen molar-refractivity contribution in [1.82, 2.24) is 4.90 Å². The third-order valence-electron chi connectivity index (χ3n) is 2.34. The molecular formula is C13H20F4N2. The van der Waals surface area contributed by atoms with Crippen LogP contribution in [0.2, 0.25) is 0 Å². The topological polar surface area (TPSA) is 15.3 Å². The molecule has 0 spiro atoms. The molecule has 0 saturated carbocycles. The molecule has 0 atom stereocenters. The van der Waals surface area contributed by atoms with Crippen LogP contribution in [0.5, 0.6) is 0 Å². The van der Waals surface area contributed by atoms with Gasteiger partial charge in [0.25, 0.3) is 0 Å². The lowest BCUT2D eigenvalue weighted by Gasteiger charge is -2.14. The zero-order valence-corrected chi connectivity index (χ0v) is 11.9. The average molecular weight is 280 g/mol. The van der Waals surface area contributed by atoms with Gasteiger partial charge >= 0.3 is 0 Å². The molecule has 1 aromatic rings. The summed E-state index contributed by atoms with van der Waals surface area (Å²) in [6.45, 7) is 5.65. The van der Waals surface area contributed by atoms with Crippen molar-refractivity contribution in [1.29, 1.82) is 0 Å². The fourth-order valence-electron chi connectivity index (χ4n) is 1.30. The quantitative estimate of drug-likeness (QED) is 0.670. The Hall–Kier alpha value is -1.30. The second-order valence-electron chi connectivity index (χ2n) is 3.99. The van der Waals surface area contributed by atoms with Gasteiger partial charge in [-0.1, -0.05) is 13.8 Å². The average Bonchev–Trinajstić information content (AvgIpc) is 2.40. The molecule has 0 aliphatic carbocycles. The van der Waals surface area contributed by atoms with Crippen LogP contribution in [0.15, 0.2) is 0 Å². The Labute approximate surface area is 111 Å². The minimum absolute atomic E-state index is 0.183. The SMILES string of the molecule is CC.Cc1c(F)c(F)c(NCCN(C)C)c(F)c1F. The van der Waals surface area contributed by atoms with E-state index in [2.05, 4.69) is 5.32 Å². The number of hydrogen-bond acceptors (Lipinski definition) is 2. The minimum Gasteiger partial charge on any atom is -0.379 e. The van der Waals surface area contributed by atoms with E-state index in [0.29, 0.717) is 6.54 Å². The van der Waals surface area contributed by atoms with E-state index in [1.807, 2.05) is 13.8 Å². The van der Waals surface area contributed by atoms with Crippen molar-refractivity contribution in [3.05, 3.63) is 28.8 Å². The standard InChI is InChI=1S/C11H14F4N2.C2H6/c1-6-7(12)9(14)11(10(15)8(6)13)16-4-5-17(2)3;1-2/h16H,4-5H2,1-3H3;1-2H3. The fourth-order valence-corrected chi connectivity index (χ4v) is 1.30. The Balaban J connectivity index is 0.00000154. The van der Waals surface area contributed by atoms with Gasteiger partial charge in [-0.15, -0.1) is 0 Å². The number of nitrogens with zero attached hydrogens (tertiary/aromatic N) is 1. The highest BCUT2D eigenvalue weighted by molar-refractivity contribution is 5.49. The Bertz CT molecular complexity index is 391. The van der Waals surface area contributed by atoms with Crippen LogP contribution in [-0.4, -0.2) is 32.1 Å². The summed E-state index contributed by atoms with van der Waals surface area (Å²) in [5, 5.41) is 2.35. The summed E-state index contributed by atoms with van der Waals surface area (Å²) in [5.74, 6) is -5.51. The minimum atomic E-state index is -1.39. The predicted octanol–water partition coefficient (Wildman–Crippen LogP) is 3.55. The van der Waals surface area contributed by atoms with Crippen molar-refractivity contribution in [2.45, 2.75) is 20.8 Å². The largest absolute Gasteiger partial charge is 0.379 e. The van der Waals surface area contributed by atoms with E-state index in [4.69, 9.17) is 0 Å². The van der Waals surface area contributed by atoms with E-state index >= 15 is 0 Å². The van der Waals surface area contributed by atoms with E-state index in [1.165, 1.54) is 0 Å². The highest BCUT2D eigenvalue weighted by atomic mass is 19.2. The van der Waals surface area contributed by atoms with E-state index in [0.717, 1.165) is 6.92 Å². The first-order valence-electron chi connectivity index (χ1n) is 6.07. The van der Waals surface area contributed by atoms with Crippen LogP contribution < -0.4 is 5.32 Å². The number of rotatable bonds is 4. The summed E-state index contributed by atoms with van der Waals surface area (Å²) in [6, 6.07) is 0. The molecule has 0 aliphatic heterocycles. The van der Waals surface area contributed by atoms with Gasteiger partial charge in [0.05, 0.1) is 0 Å². The lowest BCUT2D eigenvalue weighted by molar-refractivity contribution is 0.421. The Morgan fingerprint density at radius 1 is 0.895 bits per heavy atom. The maximum atomic E-state index is 13.4. The van der Waals surface area contributed by atoms with Crippen LogP contribution in [0.1, 0.15) is 19.4 Å². The molecule has 110 valence electrons. The summed E-state index contributed by atoms with van der Waals surface area (Å²) < 4.78 is 53.1. The van der Waals surface area contributed by atoms with Crippen molar-refractivity contribution in [3.63, 3.8) is 0 Å².